The molecule has 6 aromatic rings. The fourth-order valence-corrected chi connectivity index (χ4v) is 10.4. The highest BCUT2D eigenvalue weighted by Crippen LogP contribution is 2.47. The molecular weight excluding hydrogens is 705 g/mol. The molecule has 304 valence electrons. The topological polar surface area (TPSA) is 102 Å². The number of aromatic hydroxyl groups is 2. The second-order valence-corrected chi connectivity index (χ2v) is 22.1. The molecule has 0 aliphatic heterocycles. The normalized spacial score (nSPS) is 13.6. The van der Waals surface area contributed by atoms with E-state index in [-0.39, 0.29) is 50.4 Å². The Labute approximate surface area is 340 Å². The van der Waals surface area contributed by atoms with Gasteiger partial charge in [0, 0.05) is 17.5 Å². The zero-order valence-corrected chi connectivity index (χ0v) is 37.0. The molecule has 2 N–H and O–H groups in total. The number of fused-ring (bicyclic) bond motifs is 2. The molecule has 6 rings (SSSR count). The van der Waals surface area contributed by atoms with Crippen molar-refractivity contribution in [2.24, 2.45) is 21.7 Å². The predicted octanol–water partition coefficient (Wildman–Crippen LogP) is 12.4. The average molecular weight is 771 g/mol. The number of benzene rings is 4. The molecule has 0 bridgehead atoms. The van der Waals surface area contributed by atoms with Crippen LogP contribution in [-0.2, 0) is 17.3 Å². The van der Waals surface area contributed by atoms with Gasteiger partial charge in [0.1, 0.15) is 44.9 Å². The number of phenolic OH excluding ortho intramolecular Hbond substituents is 2. The molecule has 0 aliphatic rings. The van der Waals surface area contributed by atoms with Gasteiger partial charge in [-0.25, -0.2) is 0 Å². The summed E-state index contributed by atoms with van der Waals surface area (Å²) in [7, 11) is 0. The molecule has 4 aromatic carbocycles. The van der Waals surface area contributed by atoms with Gasteiger partial charge in [0.25, 0.3) is 0 Å². The number of phenols is 2. The molecule has 0 spiro atoms. The fraction of sp³-hybridized carbons (Fsp3) is 0.510. The summed E-state index contributed by atoms with van der Waals surface area (Å²) in [6.45, 7) is 32.4. The Hall–Kier alpha value is -4.72. The summed E-state index contributed by atoms with van der Waals surface area (Å²) in [5.41, 5.74) is 7.47. The molecule has 0 fully saturated rings. The van der Waals surface area contributed by atoms with Gasteiger partial charge in [-0.1, -0.05) is 133 Å². The third-order valence-corrected chi connectivity index (χ3v) is 11.1. The molecule has 8 heteroatoms. The lowest BCUT2D eigenvalue weighted by Gasteiger charge is -2.39. The van der Waals surface area contributed by atoms with Crippen molar-refractivity contribution in [3.8, 4) is 22.9 Å². The van der Waals surface area contributed by atoms with Crippen LogP contribution in [0.5, 0.6) is 11.5 Å². The van der Waals surface area contributed by atoms with Crippen molar-refractivity contribution in [1.29, 1.82) is 0 Å². The van der Waals surface area contributed by atoms with E-state index in [4.69, 9.17) is 20.4 Å². The molecule has 0 saturated carbocycles. The Kier molecular flexibility index (Phi) is 10.7. The van der Waals surface area contributed by atoms with Gasteiger partial charge in [-0.2, -0.15) is 0 Å². The quantitative estimate of drug-likeness (QED) is 0.128. The van der Waals surface area contributed by atoms with E-state index in [1.54, 1.807) is 9.59 Å². The minimum atomic E-state index is -0.271. The van der Waals surface area contributed by atoms with Crippen molar-refractivity contribution in [3.63, 3.8) is 0 Å². The van der Waals surface area contributed by atoms with E-state index >= 15 is 0 Å². The first-order valence-electron chi connectivity index (χ1n) is 20.6. The third-order valence-electron chi connectivity index (χ3n) is 11.1. The molecule has 0 aliphatic carbocycles. The van der Waals surface area contributed by atoms with E-state index in [2.05, 4.69) is 109 Å². The third kappa shape index (κ3) is 9.70. The van der Waals surface area contributed by atoms with Crippen LogP contribution < -0.4 is 0 Å². The summed E-state index contributed by atoms with van der Waals surface area (Å²) >= 11 is 0. The van der Waals surface area contributed by atoms with Gasteiger partial charge in [-0.3, -0.25) is 0 Å². The van der Waals surface area contributed by atoms with E-state index in [1.807, 2.05) is 60.7 Å². The van der Waals surface area contributed by atoms with Gasteiger partial charge in [-0.05, 0) is 106 Å². The van der Waals surface area contributed by atoms with Crippen LogP contribution in [0.15, 0.2) is 72.8 Å². The van der Waals surface area contributed by atoms with Gasteiger partial charge >= 0.3 is 0 Å². The van der Waals surface area contributed by atoms with Crippen LogP contribution >= 0.6 is 0 Å². The van der Waals surface area contributed by atoms with E-state index in [9.17, 15) is 10.2 Å². The summed E-state index contributed by atoms with van der Waals surface area (Å²) in [5, 5.41) is 43.8. The van der Waals surface area contributed by atoms with Crippen molar-refractivity contribution < 1.29 is 10.2 Å². The van der Waals surface area contributed by atoms with Crippen LogP contribution in [0.25, 0.3) is 33.4 Å². The number of aromatic nitrogens is 6. The molecule has 0 atom stereocenters. The molecule has 0 unspecified atom stereocenters. The maximum absolute atomic E-state index is 12.3. The molecule has 8 nitrogen and oxygen atoms in total. The minimum absolute atomic E-state index is 0.0484. The highest BCUT2D eigenvalue weighted by molar-refractivity contribution is 5.75. The van der Waals surface area contributed by atoms with Gasteiger partial charge in [0.05, 0.1) is 0 Å². The Morgan fingerprint density at radius 1 is 0.439 bits per heavy atom. The molecule has 57 heavy (non-hydrogen) atoms. The molecular formula is C49H66N6O2. The molecule has 2 aromatic heterocycles. The standard InChI is InChI=1S/C49H66N6O2/c1-44(2,3)28-46(7,8)30-48(11,12)34-24-32(42(56)40(26-34)54-50-36-19-15-16-20-37(36)51-54)23-33-25-35(49(13,14)31-47(9,10)29-45(4,5)6)27-41(43(33)57)55-52-38-21-17-18-22-39(38)53-55/h15-22,24-27,56-57H,23,28-31H2,1-14H3. The van der Waals surface area contributed by atoms with Crippen LogP contribution in [-0.4, -0.2) is 40.2 Å². The first kappa shape index (κ1) is 41.9. The fourth-order valence-electron chi connectivity index (χ4n) is 10.4. The monoisotopic (exact) mass is 771 g/mol. The Morgan fingerprint density at radius 3 is 1.02 bits per heavy atom. The van der Waals surface area contributed by atoms with E-state index in [0.29, 0.717) is 22.5 Å². The second-order valence-electron chi connectivity index (χ2n) is 22.1. The largest absolute Gasteiger partial charge is 0.505 e. The SMILES string of the molecule is CC(C)(C)CC(C)(C)CC(C)(C)c1cc(Cc2cc(C(C)(C)CC(C)(C)CC(C)(C)C)cc(-n3nc4ccccc4n3)c2O)c(O)c(-n2nc3ccccc3n2)c1. The van der Waals surface area contributed by atoms with Crippen molar-refractivity contribution in [2.45, 2.75) is 140 Å². The maximum Gasteiger partial charge on any atom is 0.146 e. The van der Waals surface area contributed by atoms with Crippen molar-refractivity contribution in [3.05, 3.63) is 95.1 Å². The zero-order chi connectivity index (χ0) is 41.9. The van der Waals surface area contributed by atoms with Crippen molar-refractivity contribution in [2.75, 3.05) is 0 Å². The van der Waals surface area contributed by atoms with Crippen LogP contribution in [0, 0.1) is 21.7 Å². The number of hydrogen-bond acceptors (Lipinski definition) is 6. The smallest absolute Gasteiger partial charge is 0.146 e. The maximum atomic E-state index is 12.3. The molecule has 0 saturated heterocycles. The minimum Gasteiger partial charge on any atom is -0.505 e. The summed E-state index contributed by atoms with van der Waals surface area (Å²) < 4.78 is 0. The molecule has 2 heterocycles. The lowest BCUT2D eigenvalue weighted by atomic mass is 9.66. The van der Waals surface area contributed by atoms with Crippen LogP contribution in [0.1, 0.15) is 145 Å². The lowest BCUT2D eigenvalue weighted by molar-refractivity contribution is 0.165. The van der Waals surface area contributed by atoms with Gasteiger partial charge < -0.3 is 10.2 Å². The lowest BCUT2D eigenvalue weighted by Crippen LogP contribution is -2.30. The van der Waals surface area contributed by atoms with Crippen molar-refractivity contribution >= 4 is 22.1 Å². The highest BCUT2D eigenvalue weighted by atomic mass is 16.3. The number of rotatable bonds is 12. The van der Waals surface area contributed by atoms with Gasteiger partial charge in [0.15, 0.2) is 0 Å². The Bertz CT molecular complexity index is 2160. The van der Waals surface area contributed by atoms with E-state index < -0.39 is 0 Å². The predicted molar refractivity (Wildman–Crippen MR) is 235 cm³/mol. The van der Waals surface area contributed by atoms with E-state index in [1.165, 1.54) is 0 Å². The Balaban J connectivity index is 1.53. The van der Waals surface area contributed by atoms with Crippen molar-refractivity contribution in [1.82, 2.24) is 30.0 Å². The van der Waals surface area contributed by atoms with Gasteiger partial charge in [-0.15, -0.1) is 30.0 Å². The Morgan fingerprint density at radius 2 is 0.737 bits per heavy atom. The van der Waals surface area contributed by atoms with Crippen LogP contribution in [0.2, 0.25) is 0 Å². The van der Waals surface area contributed by atoms with Gasteiger partial charge in [0.2, 0.25) is 0 Å². The summed E-state index contributed by atoms with van der Waals surface area (Å²) in [4.78, 5) is 3.12. The number of hydrogen-bond donors (Lipinski definition) is 2. The first-order chi connectivity index (χ1) is 26.2. The summed E-state index contributed by atoms with van der Waals surface area (Å²) in [6.07, 6.45) is 4.25. The first-order valence-corrected chi connectivity index (χ1v) is 20.6. The summed E-state index contributed by atoms with van der Waals surface area (Å²) in [6, 6.07) is 23.9. The average Bonchev–Trinajstić information content (AvgIpc) is 3.67. The van der Waals surface area contributed by atoms with E-state index in [0.717, 1.165) is 58.9 Å². The molecule has 0 amide bonds. The van der Waals surface area contributed by atoms with Crippen LogP contribution in [0.3, 0.4) is 0 Å². The highest BCUT2D eigenvalue weighted by Gasteiger charge is 2.36. The zero-order valence-electron chi connectivity index (χ0n) is 37.0. The molecule has 0 radical (unpaired) electrons. The number of nitrogens with zero attached hydrogens (tertiary/aromatic N) is 6. The van der Waals surface area contributed by atoms with Crippen LogP contribution in [0.4, 0.5) is 0 Å². The summed E-state index contributed by atoms with van der Waals surface area (Å²) in [5.74, 6) is 0.173. The second kappa shape index (κ2) is 14.6.